The van der Waals surface area contributed by atoms with E-state index >= 15 is 0 Å². The number of fused-ring (bicyclic) bond motifs is 3. The molecule has 2 aromatic heterocycles. The number of hydrogen-bond donors (Lipinski definition) is 0. The monoisotopic (exact) mass is 350 g/mol. The molecule has 124 valence electrons. The Kier molecular flexibility index (Phi) is 3.86. The van der Waals surface area contributed by atoms with E-state index < -0.39 is 0 Å². The summed E-state index contributed by atoms with van der Waals surface area (Å²) in [6.07, 6.45) is 1.51. The second-order valence-corrected chi connectivity index (χ2v) is 6.25. The van der Waals surface area contributed by atoms with Gasteiger partial charge in [-0.05, 0) is 36.4 Å². The lowest BCUT2D eigenvalue weighted by Gasteiger charge is -2.15. The van der Waals surface area contributed by atoms with Crippen LogP contribution in [0.15, 0.2) is 64.3 Å². The average Bonchev–Trinajstić information content (AvgIpc) is 3.00. The molecule has 0 bridgehead atoms. The summed E-state index contributed by atoms with van der Waals surface area (Å²) in [7, 11) is 3.87. The van der Waals surface area contributed by atoms with Gasteiger partial charge in [-0.3, -0.25) is 0 Å². The molecule has 0 aliphatic rings. The molecule has 2 aromatic carbocycles. The van der Waals surface area contributed by atoms with Gasteiger partial charge in [0.1, 0.15) is 23.3 Å². The molecule has 2 heterocycles. The van der Waals surface area contributed by atoms with Crippen LogP contribution in [-0.2, 0) is 0 Å². The quantitative estimate of drug-likeness (QED) is 0.389. The highest BCUT2D eigenvalue weighted by Gasteiger charge is 2.14. The maximum atomic E-state index is 5.99. The van der Waals surface area contributed by atoms with Gasteiger partial charge in [-0.15, -0.1) is 0 Å². The number of aliphatic imine (C=N–C) groups is 1. The van der Waals surface area contributed by atoms with E-state index in [2.05, 4.69) is 9.97 Å². The van der Waals surface area contributed by atoms with E-state index in [4.69, 9.17) is 21.0 Å². The van der Waals surface area contributed by atoms with E-state index in [1.165, 1.54) is 6.33 Å². The summed E-state index contributed by atoms with van der Waals surface area (Å²) < 4.78 is 5.95. The van der Waals surface area contributed by atoms with E-state index in [0.717, 1.165) is 27.9 Å². The first-order valence-electron chi connectivity index (χ1n) is 7.77. The number of benzene rings is 2. The minimum absolute atomic E-state index is 0.500. The molecular formula is C19H15ClN4O. The number of para-hydroxylation sites is 1. The number of amidine groups is 1. The van der Waals surface area contributed by atoms with Gasteiger partial charge in [0.2, 0.25) is 5.82 Å². The SMILES string of the molecule is CN(C)C(=Nc1ncnc2c1oc1ccccc12)c1ccc(Cl)cc1. The first kappa shape index (κ1) is 15.6. The molecule has 0 saturated heterocycles. The van der Waals surface area contributed by atoms with Crippen LogP contribution in [0.2, 0.25) is 5.02 Å². The molecule has 0 atom stereocenters. The molecule has 0 amide bonds. The lowest BCUT2D eigenvalue weighted by atomic mass is 10.2. The maximum Gasteiger partial charge on any atom is 0.201 e. The van der Waals surface area contributed by atoms with E-state index in [1.807, 2.05) is 67.5 Å². The summed E-state index contributed by atoms with van der Waals surface area (Å²) >= 11 is 5.99. The number of nitrogens with zero attached hydrogens (tertiary/aromatic N) is 4. The van der Waals surface area contributed by atoms with Crippen LogP contribution < -0.4 is 0 Å². The molecule has 0 fully saturated rings. The topological polar surface area (TPSA) is 54.5 Å². The van der Waals surface area contributed by atoms with Gasteiger partial charge in [-0.2, -0.15) is 0 Å². The third-order valence-electron chi connectivity index (χ3n) is 3.88. The Morgan fingerprint density at radius 2 is 1.80 bits per heavy atom. The van der Waals surface area contributed by atoms with Crippen LogP contribution in [0.4, 0.5) is 5.82 Å². The van der Waals surface area contributed by atoms with Crippen molar-refractivity contribution in [3.63, 3.8) is 0 Å². The van der Waals surface area contributed by atoms with Crippen molar-refractivity contribution in [1.82, 2.24) is 14.9 Å². The van der Waals surface area contributed by atoms with Gasteiger partial charge in [-0.1, -0.05) is 23.7 Å². The zero-order chi connectivity index (χ0) is 17.4. The molecule has 4 aromatic rings. The third-order valence-corrected chi connectivity index (χ3v) is 4.13. The molecule has 0 spiro atoms. The van der Waals surface area contributed by atoms with E-state index in [1.54, 1.807) is 0 Å². The predicted molar refractivity (Wildman–Crippen MR) is 101 cm³/mol. The normalized spacial score (nSPS) is 12.0. The molecule has 0 unspecified atom stereocenters. The number of halogens is 1. The molecule has 25 heavy (non-hydrogen) atoms. The first-order chi connectivity index (χ1) is 12.1. The zero-order valence-electron chi connectivity index (χ0n) is 13.8. The molecule has 0 saturated carbocycles. The Balaban J connectivity index is 1.92. The van der Waals surface area contributed by atoms with Crippen LogP contribution in [-0.4, -0.2) is 34.8 Å². The van der Waals surface area contributed by atoms with Gasteiger partial charge in [-0.25, -0.2) is 15.0 Å². The van der Waals surface area contributed by atoms with E-state index in [0.29, 0.717) is 16.4 Å². The fourth-order valence-corrected chi connectivity index (χ4v) is 2.84. The number of hydrogen-bond acceptors (Lipinski definition) is 4. The number of furan rings is 1. The van der Waals surface area contributed by atoms with Gasteiger partial charge in [0.25, 0.3) is 0 Å². The van der Waals surface area contributed by atoms with Crippen molar-refractivity contribution in [2.45, 2.75) is 0 Å². The smallest absolute Gasteiger partial charge is 0.201 e. The summed E-state index contributed by atoms with van der Waals surface area (Å²) in [5.41, 5.74) is 3.06. The Morgan fingerprint density at radius 3 is 2.56 bits per heavy atom. The highest BCUT2D eigenvalue weighted by atomic mass is 35.5. The largest absolute Gasteiger partial charge is 0.450 e. The minimum atomic E-state index is 0.500. The summed E-state index contributed by atoms with van der Waals surface area (Å²) in [6, 6.07) is 15.3. The zero-order valence-corrected chi connectivity index (χ0v) is 14.5. The predicted octanol–water partition coefficient (Wildman–Crippen LogP) is 4.67. The Bertz CT molecular complexity index is 1080. The van der Waals surface area contributed by atoms with Crippen LogP contribution >= 0.6 is 11.6 Å². The van der Waals surface area contributed by atoms with Crippen LogP contribution in [0.5, 0.6) is 0 Å². The molecule has 0 aliphatic carbocycles. The van der Waals surface area contributed by atoms with Crippen molar-refractivity contribution in [2.75, 3.05) is 14.1 Å². The van der Waals surface area contributed by atoms with Gasteiger partial charge in [0.05, 0.1) is 0 Å². The van der Waals surface area contributed by atoms with Crippen molar-refractivity contribution in [1.29, 1.82) is 0 Å². The van der Waals surface area contributed by atoms with E-state index in [9.17, 15) is 0 Å². The molecular weight excluding hydrogens is 336 g/mol. The summed E-state index contributed by atoms with van der Waals surface area (Å²) in [6.45, 7) is 0. The van der Waals surface area contributed by atoms with Crippen molar-refractivity contribution < 1.29 is 4.42 Å². The summed E-state index contributed by atoms with van der Waals surface area (Å²) in [5, 5.41) is 1.64. The summed E-state index contributed by atoms with van der Waals surface area (Å²) in [5.74, 6) is 1.26. The second-order valence-electron chi connectivity index (χ2n) is 5.81. The second kappa shape index (κ2) is 6.18. The standard InChI is InChI=1S/C19H15ClN4O/c1-24(2)19(12-7-9-13(20)10-8-12)23-18-17-16(21-11-22-18)14-5-3-4-6-15(14)25-17/h3-11H,1-2H3. The maximum absolute atomic E-state index is 5.99. The molecule has 0 N–H and O–H groups in total. The summed E-state index contributed by atoms with van der Waals surface area (Å²) in [4.78, 5) is 15.4. The van der Waals surface area contributed by atoms with Crippen molar-refractivity contribution >= 4 is 45.3 Å². The minimum Gasteiger partial charge on any atom is -0.450 e. The Labute approximate surface area is 149 Å². The van der Waals surface area contributed by atoms with Crippen molar-refractivity contribution in [3.05, 3.63) is 65.4 Å². The lowest BCUT2D eigenvalue weighted by molar-refractivity contribution is 0.622. The van der Waals surface area contributed by atoms with Crippen LogP contribution in [0.1, 0.15) is 5.56 Å². The molecule has 4 rings (SSSR count). The highest BCUT2D eigenvalue weighted by Crippen LogP contribution is 2.32. The molecule has 5 nitrogen and oxygen atoms in total. The van der Waals surface area contributed by atoms with Gasteiger partial charge >= 0.3 is 0 Å². The molecule has 0 radical (unpaired) electrons. The average molecular weight is 351 g/mol. The molecule has 6 heteroatoms. The fourth-order valence-electron chi connectivity index (χ4n) is 2.71. The van der Waals surface area contributed by atoms with Gasteiger partial charge < -0.3 is 9.32 Å². The van der Waals surface area contributed by atoms with Crippen molar-refractivity contribution in [3.8, 4) is 0 Å². The van der Waals surface area contributed by atoms with Gasteiger partial charge in [0.15, 0.2) is 5.58 Å². The third kappa shape index (κ3) is 2.83. The Morgan fingerprint density at radius 1 is 1.04 bits per heavy atom. The van der Waals surface area contributed by atoms with E-state index in [-0.39, 0.29) is 0 Å². The fraction of sp³-hybridized carbons (Fsp3) is 0.105. The Hall–Kier alpha value is -2.92. The highest BCUT2D eigenvalue weighted by molar-refractivity contribution is 6.30. The van der Waals surface area contributed by atoms with Crippen molar-refractivity contribution in [2.24, 2.45) is 4.99 Å². The molecule has 0 aliphatic heterocycles. The van der Waals surface area contributed by atoms with Crippen LogP contribution in [0, 0.1) is 0 Å². The van der Waals surface area contributed by atoms with Crippen LogP contribution in [0.3, 0.4) is 0 Å². The van der Waals surface area contributed by atoms with Crippen LogP contribution in [0.25, 0.3) is 22.1 Å². The first-order valence-corrected chi connectivity index (χ1v) is 8.15. The number of rotatable bonds is 2. The lowest BCUT2D eigenvalue weighted by Crippen LogP contribution is -2.22. The number of aromatic nitrogens is 2. The van der Waals surface area contributed by atoms with Gasteiger partial charge in [0, 0.05) is 30.1 Å².